The zero-order chi connectivity index (χ0) is 24.3. The molecule has 1 unspecified atom stereocenters. The van der Waals surface area contributed by atoms with E-state index in [0.29, 0.717) is 22.6 Å². The quantitative estimate of drug-likeness (QED) is 0.367. The number of rotatable bonds is 8. The summed E-state index contributed by atoms with van der Waals surface area (Å²) in [6.45, 7) is 8.09. The third-order valence-electron chi connectivity index (χ3n) is 5.52. The number of likely N-dealkylation sites (tertiary alicyclic amines) is 1. The van der Waals surface area contributed by atoms with Crippen LogP contribution in [0, 0.1) is 13.8 Å². The predicted octanol–water partition coefficient (Wildman–Crippen LogP) is 4.17. The van der Waals surface area contributed by atoms with Gasteiger partial charge in [0.15, 0.2) is 0 Å². The highest BCUT2D eigenvalue weighted by Crippen LogP contribution is 2.42. The number of carbonyl (C=O) groups is 2. The van der Waals surface area contributed by atoms with Crippen LogP contribution in [-0.4, -0.2) is 55.2 Å². The van der Waals surface area contributed by atoms with Crippen LogP contribution in [0.3, 0.4) is 0 Å². The Hall–Kier alpha value is -3.32. The third-order valence-corrected chi connectivity index (χ3v) is 5.52. The van der Waals surface area contributed by atoms with E-state index in [9.17, 15) is 14.7 Å². The van der Waals surface area contributed by atoms with Crippen LogP contribution in [0.4, 0.5) is 0 Å². The second-order valence-electron chi connectivity index (χ2n) is 8.38. The van der Waals surface area contributed by atoms with Crippen molar-refractivity contribution in [1.82, 2.24) is 4.90 Å². The Morgan fingerprint density at radius 3 is 2.33 bits per heavy atom. The monoisotopic (exact) mass is 453 g/mol. The van der Waals surface area contributed by atoms with E-state index in [1.807, 2.05) is 33.8 Å². The Morgan fingerprint density at radius 1 is 1.09 bits per heavy atom. The van der Waals surface area contributed by atoms with Gasteiger partial charge in [-0.05, 0) is 62.6 Å². The maximum absolute atomic E-state index is 13.1. The van der Waals surface area contributed by atoms with Gasteiger partial charge in [0.2, 0.25) is 0 Å². The zero-order valence-electron chi connectivity index (χ0n) is 20.0. The number of Topliss-reactive ketones (excluding diaryl/α,β-unsaturated/α-hetero) is 1. The molecule has 0 aliphatic carbocycles. The number of hydrogen-bond acceptors (Lipinski definition) is 6. The largest absolute Gasteiger partial charge is 0.507 e. The van der Waals surface area contributed by atoms with Crippen molar-refractivity contribution in [2.75, 3.05) is 27.4 Å². The van der Waals surface area contributed by atoms with Gasteiger partial charge in [-0.2, -0.15) is 0 Å². The van der Waals surface area contributed by atoms with Crippen molar-refractivity contribution in [2.45, 2.75) is 39.8 Å². The normalized spacial score (nSPS) is 17.7. The number of ether oxygens (including phenoxy) is 3. The maximum Gasteiger partial charge on any atom is 0.295 e. The molecule has 1 aliphatic rings. The SMILES string of the molecule is COCCN1C(=O)C(=O)/C(=C(/O)c2cc(C)cc(C)c2OC)C1c1ccc(OC(C)C)cc1. The molecule has 1 aliphatic heterocycles. The van der Waals surface area contributed by atoms with Crippen molar-refractivity contribution >= 4 is 17.4 Å². The smallest absolute Gasteiger partial charge is 0.295 e. The molecule has 1 fully saturated rings. The summed E-state index contributed by atoms with van der Waals surface area (Å²) in [5.74, 6) is -0.537. The van der Waals surface area contributed by atoms with E-state index in [0.717, 1.165) is 11.1 Å². The van der Waals surface area contributed by atoms with Gasteiger partial charge in [0.1, 0.15) is 17.3 Å². The maximum atomic E-state index is 13.1. The first kappa shape index (κ1) is 24.3. The average molecular weight is 454 g/mol. The molecule has 2 aromatic carbocycles. The number of hydrogen-bond donors (Lipinski definition) is 1. The Morgan fingerprint density at radius 2 is 1.76 bits per heavy atom. The van der Waals surface area contributed by atoms with Gasteiger partial charge in [0.25, 0.3) is 11.7 Å². The van der Waals surface area contributed by atoms with Gasteiger partial charge in [-0.25, -0.2) is 0 Å². The lowest BCUT2D eigenvalue weighted by Crippen LogP contribution is -2.32. The molecule has 0 saturated carbocycles. The molecule has 1 N–H and O–H groups in total. The van der Waals surface area contributed by atoms with Gasteiger partial charge in [-0.15, -0.1) is 0 Å². The molecule has 1 amide bonds. The summed E-state index contributed by atoms with van der Waals surface area (Å²) in [6, 6.07) is 10.1. The highest BCUT2D eigenvalue weighted by atomic mass is 16.5. The Bertz CT molecular complexity index is 1070. The fourth-order valence-corrected chi connectivity index (χ4v) is 4.19. The summed E-state index contributed by atoms with van der Waals surface area (Å²) >= 11 is 0. The molecule has 2 aromatic rings. The molecular weight excluding hydrogens is 422 g/mol. The number of carbonyl (C=O) groups excluding carboxylic acids is 2. The number of aliphatic hydroxyl groups excluding tert-OH is 1. The fourth-order valence-electron chi connectivity index (χ4n) is 4.19. The lowest BCUT2D eigenvalue weighted by atomic mass is 9.93. The van der Waals surface area contributed by atoms with Crippen LogP contribution < -0.4 is 9.47 Å². The molecule has 0 bridgehead atoms. The van der Waals surface area contributed by atoms with Crippen molar-refractivity contribution < 1.29 is 28.9 Å². The number of aliphatic hydroxyl groups is 1. The fraction of sp³-hybridized carbons (Fsp3) is 0.385. The van der Waals surface area contributed by atoms with Gasteiger partial charge in [-0.3, -0.25) is 9.59 Å². The number of ketones is 1. The first-order chi connectivity index (χ1) is 15.7. The zero-order valence-corrected chi connectivity index (χ0v) is 20.0. The van der Waals surface area contributed by atoms with Gasteiger partial charge in [0, 0.05) is 13.7 Å². The molecule has 0 aromatic heterocycles. The second kappa shape index (κ2) is 10.1. The van der Waals surface area contributed by atoms with E-state index >= 15 is 0 Å². The molecule has 1 atom stereocenters. The first-order valence-electron chi connectivity index (χ1n) is 10.9. The lowest BCUT2D eigenvalue weighted by molar-refractivity contribution is -0.140. The van der Waals surface area contributed by atoms with E-state index in [1.54, 1.807) is 30.3 Å². The van der Waals surface area contributed by atoms with Crippen molar-refractivity contribution in [2.24, 2.45) is 0 Å². The number of benzene rings is 2. The average Bonchev–Trinajstić information content (AvgIpc) is 3.01. The molecule has 0 radical (unpaired) electrons. The molecule has 7 heteroatoms. The topological polar surface area (TPSA) is 85.3 Å². The molecular formula is C26H31NO6. The first-order valence-corrected chi connectivity index (χ1v) is 10.9. The van der Waals surface area contributed by atoms with Crippen molar-refractivity contribution in [3.8, 4) is 11.5 Å². The van der Waals surface area contributed by atoms with Crippen LogP contribution in [-0.2, 0) is 14.3 Å². The van der Waals surface area contributed by atoms with Crippen molar-refractivity contribution in [3.05, 3.63) is 64.2 Å². The third kappa shape index (κ3) is 4.88. The molecule has 7 nitrogen and oxygen atoms in total. The van der Waals surface area contributed by atoms with Gasteiger partial charge in [-0.1, -0.05) is 18.2 Å². The summed E-state index contributed by atoms with van der Waals surface area (Å²) < 4.78 is 16.4. The number of methoxy groups -OCH3 is 2. The molecule has 3 rings (SSSR count). The van der Waals surface area contributed by atoms with E-state index in [2.05, 4.69) is 0 Å². The predicted molar refractivity (Wildman–Crippen MR) is 126 cm³/mol. The van der Waals surface area contributed by atoms with Gasteiger partial charge in [0.05, 0.1) is 37.0 Å². The minimum absolute atomic E-state index is 0.0141. The number of amides is 1. The minimum Gasteiger partial charge on any atom is -0.507 e. The van der Waals surface area contributed by atoms with Crippen LogP contribution >= 0.6 is 0 Å². The van der Waals surface area contributed by atoms with Crippen molar-refractivity contribution in [1.29, 1.82) is 0 Å². The minimum atomic E-state index is -0.765. The number of nitrogens with zero attached hydrogens (tertiary/aromatic N) is 1. The number of aryl methyl sites for hydroxylation is 2. The molecule has 176 valence electrons. The van der Waals surface area contributed by atoms with Gasteiger partial charge >= 0.3 is 0 Å². The summed E-state index contributed by atoms with van der Waals surface area (Å²) in [5, 5.41) is 11.4. The molecule has 33 heavy (non-hydrogen) atoms. The Balaban J connectivity index is 2.19. The lowest BCUT2D eigenvalue weighted by Gasteiger charge is -2.25. The van der Waals surface area contributed by atoms with Crippen LogP contribution in [0.15, 0.2) is 42.0 Å². The Labute approximate surface area is 194 Å². The van der Waals surface area contributed by atoms with E-state index < -0.39 is 17.7 Å². The summed E-state index contributed by atoms with van der Waals surface area (Å²) in [4.78, 5) is 27.5. The van der Waals surface area contributed by atoms with Crippen LogP contribution in [0.2, 0.25) is 0 Å². The molecule has 0 spiro atoms. The summed E-state index contributed by atoms with van der Waals surface area (Å²) in [6.07, 6.45) is 0.0141. The van der Waals surface area contributed by atoms with E-state index in [4.69, 9.17) is 14.2 Å². The second-order valence-corrected chi connectivity index (χ2v) is 8.38. The van der Waals surface area contributed by atoms with Gasteiger partial charge < -0.3 is 24.2 Å². The van der Waals surface area contributed by atoms with E-state index in [1.165, 1.54) is 19.1 Å². The van der Waals surface area contributed by atoms with Crippen LogP contribution in [0.25, 0.3) is 5.76 Å². The van der Waals surface area contributed by atoms with Crippen LogP contribution in [0.1, 0.15) is 42.1 Å². The van der Waals surface area contributed by atoms with E-state index in [-0.39, 0.29) is 30.6 Å². The standard InChI is InChI=1S/C26H31NO6/c1-15(2)33-19-9-7-18(8-10-19)22-21(24(29)26(30)27(22)11-12-31-5)23(28)20-14-16(3)13-17(4)25(20)32-6/h7-10,13-15,22,28H,11-12H2,1-6H3/b23-21+. The highest BCUT2D eigenvalue weighted by molar-refractivity contribution is 6.46. The van der Waals surface area contributed by atoms with Crippen molar-refractivity contribution in [3.63, 3.8) is 0 Å². The molecule has 1 heterocycles. The highest BCUT2D eigenvalue weighted by Gasteiger charge is 2.46. The van der Waals surface area contributed by atoms with Crippen LogP contribution in [0.5, 0.6) is 11.5 Å². The Kier molecular flexibility index (Phi) is 7.43. The summed E-state index contributed by atoms with van der Waals surface area (Å²) in [5.41, 5.74) is 2.81. The molecule has 1 saturated heterocycles. The summed E-state index contributed by atoms with van der Waals surface area (Å²) in [7, 11) is 3.04.